The fraction of sp³-hybridized carbons (Fsp3) is 0.562. The number of aryl methyl sites for hydroxylation is 1. The highest BCUT2D eigenvalue weighted by molar-refractivity contribution is 7.09. The minimum Gasteiger partial charge on any atom is -0.336 e. The van der Waals surface area contributed by atoms with Crippen molar-refractivity contribution in [2.24, 2.45) is 5.41 Å². The Hall–Kier alpha value is -1.31. The second kappa shape index (κ2) is 5.96. The van der Waals surface area contributed by atoms with Gasteiger partial charge < -0.3 is 4.90 Å². The second-order valence-electron chi connectivity index (χ2n) is 6.58. The molecule has 23 heavy (non-hydrogen) atoms. The van der Waals surface area contributed by atoms with E-state index >= 15 is 0 Å². The van der Waals surface area contributed by atoms with Crippen LogP contribution >= 0.6 is 22.7 Å². The molecule has 0 bridgehead atoms. The molecule has 2 aromatic rings. The van der Waals surface area contributed by atoms with Crippen molar-refractivity contribution in [1.82, 2.24) is 19.8 Å². The first-order chi connectivity index (χ1) is 11.1. The number of carbonyl (C=O) groups is 1. The third kappa shape index (κ3) is 2.93. The smallest absolute Gasteiger partial charge is 0.232 e. The van der Waals surface area contributed by atoms with E-state index in [0.717, 1.165) is 56.3 Å². The zero-order valence-corrected chi connectivity index (χ0v) is 14.8. The first kappa shape index (κ1) is 15.2. The molecule has 4 heterocycles. The average Bonchev–Trinajstić information content (AvgIpc) is 3.19. The lowest BCUT2D eigenvalue weighted by molar-refractivity contribution is -0.167. The first-order valence-electron chi connectivity index (χ1n) is 7.95. The molecule has 122 valence electrons. The number of hydrogen-bond acceptors (Lipinski definition) is 6. The monoisotopic (exact) mass is 348 g/mol. The number of thiazole rings is 2. The molecule has 2 saturated heterocycles. The van der Waals surface area contributed by atoms with Crippen LogP contribution < -0.4 is 0 Å². The number of nitrogens with zero attached hydrogens (tertiary/aromatic N) is 4. The number of likely N-dealkylation sites (tertiary alicyclic amines) is 2. The Morgan fingerprint density at radius 2 is 2.22 bits per heavy atom. The summed E-state index contributed by atoms with van der Waals surface area (Å²) in [4.78, 5) is 26.9. The number of piperidine rings is 1. The summed E-state index contributed by atoms with van der Waals surface area (Å²) in [7, 11) is 0. The van der Waals surface area contributed by atoms with Gasteiger partial charge in [0.1, 0.15) is 0 Å². The molecule has 2 aromatic heterocycles. The molecule has 2 aliphatic heterocycles. The molecule has 5 nitrogen and oxygen atoms in total. The van der Waals surface area contributed by atoms with Crippen molar-refractivity contribution in [1.29, 1.82) is 0 Å². The van der Waals surface area contributed by atoms with Gasteiger partial charge in [0, 0.05) is 36.1 Å². The lowest BCUT2D eigenvalue weighted by Gasteiger charge is -2.53. The minimum absolute atomic E-state index is 0.145. The van der Waals surface area contributed by atoms with Gasteiger partial charge in [-0.15, -0.1) is 22.7 Å². The summed E-state index contributed by atoms with van der Waals surface area (Å²) in [6.45, 7) is 6.46. The van der Waals surface area contributed by atoms with E-state index in [1.807, 2.05) is 23.5 Å². The van der Waals surface area contributed by atoms with Crippen molar-refractivity contribution in [3.63, 3.8) is 0 Å². The maximum atomic E-state index is 12.7. The normalized spacial score (nSPS) is 25.1. The fourth-order valence-corrected chi connectivity index (χ4v) is 4.97. The van der Waals surface area contributed by atoms with Crippen LogP contribution in [-0.4, -0.2) is 45.3 Å². The average molecular weight is 348 g/mol. The zero-order chi connectivity index (χ0) is 15.9. The molecule has 2 fully saturated rings. The van der Waals surface area contributed by atoms with E-state index < -0.39 is 0 Å². The van der Waals surface area contributed by atoms with Crippen molar-refractivity contribution >= 4 is 28.6 Å². The van der Waals surface area contributed by atoms with E-state index in [4.69, 9.17) is 0 Å². The highest BCUT2D eigenvalue weighted by Gasteiger charge is 2.53. The molecule has 0 aromatic carbocycles. The molecular formula is C16H20N4OS2. The zero-order valence-electron chi connectivity index (χ0n) is 13.2. The van der Waals surface area contributed by atoms with Crippen molar-refractivity contribution < 1.29 is 4.79 Å². The van der Waals surface area contributed by atoms with Crippen molar-refractivity contribution in [2.75, 3.05) is 19.6 Å². The largest absolute Gasteiger partial charge is 0.336 e. The van der Waals surface area contributed by atoms with Gasteiger partial charge in [-0.3, -0.25) is 14.7 Å². The molecule has 0 aliphatic carbocycles. The SMILES string of the molecule is Cc1nc(CN2CCC[C@@]3(C2)CN(Cc2cncs2)C3=O)cs1. The fourth-order valence-electron chi connectivity index (χ4n) is 3.76. The minimum atomic E-state index is -0.145. The topological polar surface area (TPSA) is 49.3 Å². The van der Waals surface area contributed by atoms with Crippen LogP contribution in [0, 0.1) is 12.3 Å². The van der Waals surface area contributed by atoms with Crippen LogP contribution in [0.5, 0.6) is 0 Å². The van der Waals surface area contributed by atoms with Gasteiger partial charge in [-0.25, -0.2) is 4.98 Å². The molecule has 1 amide bonds. The summed E-state index contributed by atoms with van der Waals surface area (Å²) < 4.78 is 0. The van der Waals surface area contributed by atoms with Gasteiger partial charge >= 0.3 is 0 Å². The number of aromatic nitrogens is 2. The Bertz CT molecular complexity index is 699. The van der Waals surface area contributed by atoms with Crippen LogP contribution in [0.3, 0.4) is 0 Å². The van der Waals surface area contributed by atoms with Gasteiger partial charge in [-0.2, -0.15) is 0 Å². The molecule has 1 atom stereocenters. The Morgan fingerprint density at radius 3 is 2.91 bits per heavy atom. The molecule has 0 saturated carbocycles. The maximum absolute atomic E-state index is 12.7. The highest BCUT2D eigenvalue weighted by atomic mass is 32.1. The molecule has 0 radical (unpaired) electrons. The Morgan fingerprint density at radius 1 is 1.30 bits per heavy atom. The van der Waals surface area contributed by atoms with Crippen LogP contribution in [0.25, 0.3) is 0 Å². The third-order valence-corrected chi connectivity index (χ3v) is 6.36. The van der Waals surface area contributed by atoms with E-state index in [-0.39, 0.29) is 5.41 Å². The first-order valence-corrected chi connectivity index (χ1v) is 9.71. The lowest BCUT2D eigenvalue weighted by Crippen LogP contribution is -2.66. The summed E-state index contributed by atoms with van der Waals surface area (Å²) in [5.41, 5.74) is 2.82. The molecule has 7 heteroatoms. The van der Waals surface area contributed by atoms with Gasteiger partial charge in [-0.1, -0.05) is 0 Å². The van der Waals surface area contributed by atoms with Crippen molar-refractivity contribution in [3.05, 3.63) is 32.7 Å². The van der Waals surface area contributed by atoms with E-state index in [9.17, 15) is 4.79 Å². The lowest BCUT2D eigenvalue weighted by atomic mass is 9.72. The number of amides is 1. The molecule has 1 spiro atoms. The van der Waals surface area contributed by atoms with Crippen molar-refractivity contribution in [3.8, 4) is 0 Å². The maximum Gasteiger partial charge on any atom is 0.232 e. The summed E-state index contributed by atoms with van der Waals surface area (Å²) in [5.74, 6) is 0.324. The summed E-state index contributed by atoms with van der Waals surface area (Å²) in [5, 5.41) is 3.25. The number of rotatable bonds is 4. The Balaban J connectivity index is 1.38. The van der Waals surface area contributed by atoms with Gasteiger partial charge in [0.05, 0.1) is 28.2 Å². The van der Waals surface area contributed by atoms with Crippen molar-refractivity contribution in [2.45, 2.75) is 32.9 Å². The molecule has 2 aliphatic rings. The van der Waals surface area contributed by atoms with Gasteiger partial charge in [-0.05, 0) is 26.3 Å². The van der Waals surface area contributed by atoms with Crippen LogP contribution in [0.2, 0.25) is 0 Å². The number of carbonyl (C=O) groups excluding carboxylic acids is 1. The Labute approximate surface area is 144 Å². The van der Waals surface area contributed by atoms with Crippen LogP contribution in [0.15, 0.2) is 17.1 Å². The van der Waals surface area contributed by atoms with Crippen LogP contribution in [0.1, 0.15) is 28.4 Å². The van der Waals surface area contributed by atoms with E-state index in [2.05, 4.69) is 20.2 Å². The second-order valence-corrected chi connectivity index (χ2v) is 8.61. The van der Waals surface area contributed by atoms with E-state index in [0.29, 0.717) is 5.91 Å². The van der Waals surface area contributed by atoms with Crippen LogP contribution in [0.4, 0.5) is 0 Å². The number of hydrogen-bond donors (Lipinski definition) is 0. The van der Waals surface area contributed by atoms with E-state index in [1.165, 1.54) is 4.88 Å². The van der Waals surface area contributed by atoms with Gasteiger partial charge in [0.2, 0.25) is 5.91 Å². The van der Waals surface area contributed by atoms with Gasteiger partial charge in [0.25, 0.3) is 0 Å². The molecule has 0 N–H and O–H groups in total. The van der Waals surface area contributed by atoms with Gasteiger partial charge in [0.15, 0.2) is 0 Å². The molecule has 0 unspecified atom stereocenters. The standard InChI is InChI=1S/C16H20N4OS2/c1-12-18-13(8-22-12)6-19-4-2-3-16(9-19)10-20(15(16)21)7-14-5-17-11-23-14/h5,8,11H,2-4,6-7,9-10H2,1H3/t16-/m1/s1. The highest BCUT2D eigenvalue weighted by Crippen LogP contribution is 2.41. The van der Waals surface area contributed by atoms with Crippen LogP contribution in [-0.2, 0) is 17.9 Å². The summed E-state index contributed by atoms with van der Waals surface area (Å²) in [6.07, 6.45) is 3.99. The molecule has 4 rings (SSSR count). The van der Waals surface area contributed by atoms with E-state index in [1.54, 1.807) is 22.7 Å². The third-order valence-electron chi connectivity index (χ3n) is 4.77. The predicted octanol–water partition coefficient (Wildman–Crippen LogP) is 2.53. The predicted molar refractivity (Wildman–Crippen MR) is 91.3 cm³/mol. The Kier molecular flexibility index (Phi) is 3.95. The summed E-state index contributed by atoms with van der Waals surface area (Å²) >= 11 is 3.32. The quantitative estimate of drug-likeness (QED) is 0.797. The summed E-state index contributed by atoms with van der Waals surface area (Å²) in [6, 6.07) is 0. The molecular weight excluding hydrogens is 328 g/mol. The number of β-lactam (4-membered cyclic amide) rings is 1.